The van der Waals surface area contributed by atoms with Crippen LogP contribution in [0.1, 0.15) is 5.56 Å². The van der Waals surface area contributed by atoms with Gasteiger partial charge < -0.3 is 4.74 Å². The molecule has 0 amide bonds. The van der Waals surface area contributed by atoms with Crippen LogP contribution in [0.3, 0.4) is 0 Å². The lowest BCUT2D eigenvalue weighted by molar-refractivity contribution is 0.232. The largest absolute Gasteiger partial charge is 0.492 e. The van der Waals surface area contributed by atoms with Gasteiger partial charge in [-0.3, -0.25) is 4.90 Å². The van der Waals surface area contributed by atoms with Crippen molar-refractivity contribution in [3.63, 3.8) is 0 Å². The van der Waals surface area contributed by atoms with Crippen molar-refractivity contribution in [1.82, 2.24) is 4.90 Å². The number of primary sulfonamides is 1. The molecule has 0 unspecified atom stereocenters. The number of ether oxygens (including phenoxy) is 1. The number of hydrogen-bond acceptors (Lipinski definition) is 4. The maximum absolute atomic E-state index is 12.8. The molecule has 124 valence electrons. The van der Waals surface area contributed by atoms with E-state index in [1.165, 1.54) is 24.3 Å². The van der Waals surface area contributed by atoms with Crippen molar-refractivity contribution in [2.75, 3.05) is 20.2 Å². The van der Waals surface area contributed by atoms with Gasteiger partial charge in [0.05, 0.1) is 4.90 Å². The van der Waals surface area contributed by atoms with Crippen LogP contribution in [0.5, 0.6) is 5.75 Å². The molecular weight excluding hydrogens is 319 g/mol. The summed E-state index contributed by atoms with van der Waals surface area (Å²) >= 11 is 0. The smallest absolute Gasteiger partial charge is 0.238 e. The third-order valence-electron chi connectivity index (χ3n) is 3.26. The van der Waals surface area contributed by atoms with E-state index in [1.807, 2.05) is 11.9 Å². The van der Waals surface area contributed by atoms with Crippen molar-refractivity contribution < 1.29 is 17.5 Å². The minimum Gasteiger partial charge on any atom is -0.492 e. The lowest BCUT2D eigenvalue weighted by atomic mass is 10.2. The molecule has 0 aromatic heterocycles. The first kappa shape index (κ1) is 17.4. The summed E-state index contributed by atoms with van der Waals surface area (Å²) in [6.45, 7) is 1.81. The highest BCUT2D eigenvalue weighted by Crippen LogP contribution is 2.14. The summed E-state index contributed by atoms with van der Waals surface area (Å²) in [5, 5.41) is 5.03. The zero-order valence-corrected chi connectivity index (χ0v) is 13.6. The third kappa shape index (κ3) is 5.63. The minimum absolute atomic E-state index is 0.0540. The standard InChI is InChI=1S/C16H19FN2O3S/c1-19(12-13-2-4-14(17)5-3-13)10-11-22-15-6-8-16(9-7-15)23(18,20)21/h2-9H,10-12H2,1H3,(H2,18,20,21). The van der Waals surface area contributed by atoms with Crippen LogP contribution in [-0.4, -0.2) is 33.5 Å². The second-order valence-corrected chi connectivity index (χ2v) is 6.79. The van der Waals surface area contributed by atoms with E-state index >= 15 is 0 Å². The Kier molecular flexibility index (Phi) is 5.70. The van der Waals surface area contributed by atoms with Gasteiger partial charge in [0.15, 0.2) is 0 Å². The molecule has 0 radical (unpaired) electrons. The van der Waals surface area contributed by atoms with E-state index in [0.717, 1.165) is 5.56 Å². The number of likely N-dealkylation sites (N-methyl/N-ethyl adjacent to an activating group) is 1. The molecule has 0 saturated heterocycles. The van der Waals surface area contributed by atoms with Crippen LogP contribution < -0.4 is 9.88 Å². The molecular formula is C16H19FN2O3S. The van der Waals surface area contributed by atoms with Crippen molar-refractivity contribution in [2.45, 2.75) is 11.4 Å². The van der Waals surface area contributed by atoms with Gasteiger partial charge in [0, 0.05) is 13.1 Å². The van der Waals surface area contributed by atoms with Gasteiger partial charge in [-0.15, -0.1) is 0 Å². The van der Waals surface area contributed by atoms with Crippen LogP contribution in [0.4, 0.5) is 4.39 Å². The summed E-state index contributed by atoms with van der Waals surface area (Å²) in [5.74, 6) is 0.329. The van der Waals surface area contributed by atoms with Crippen molar-refractivity contribution in [1.29, 1.82) is 0 Å². The van der Waals surface area contributed by atoms with Gasteiger partial charge in [-0.25, -0.2) is 17.9 Å². The fourth-order valence-corrected chi connectivity index (χ4v) is 2.54. The first-order valence-electron chi connectivity index (χ1n) is 7.03. The van der Waals surface area contributed by atoms with Crippen molar-refractivity contribution in [3.8, 4) is 5.75 Å². The second-order valence-electron chi connectivity index (χ2n) is 5.23. The normalized spacial score (nSPS) is 11.7. The van der Waals surface area contributed by atoms with Crippen molar-refractivity contribution in [3.05, 3.63) is 59.9 Å². The van der Waals surface area contributed by atoms with E-state index in [0.29, 0.717) is 25.4 Å². The molecule has 0 aliphatic carbocycles. The Balaban J connectivity index is 1.79. The predicted molar refractivity (Wildman–Crippen MR) is 86.0 cm³/mol. The Morgan fingerprint density at radius 1 is 1.09 bits per heavy atom. The molecule has 5 nitrogen and oxygen atoms in total. The highest BCUT2D eigenvalue weighted by molar-refractivity contribution is 7.89. The molecule has 0 spiro atoms. The van der Waals surface area contributed by atoms with Crippen LogP contribution in [0.15, 0.2) is 53.4 Å². The molecule has 0 bridgehead atoms. The Morgan fingerprint density at radius 2 is 1.70 bits per heavy atom. The fraction of sp³-hybridized carbons (Fsp3) is 0.250. The molecule has 0 aliphatic rings. The van der Waals surface area contributed by atoms with Crippen molar-refractivity contribution in [2.24, 2.45) is 5.14 Å². The van der Waals surface area contributed by atoms with E-state index in [9.17, 15) is 12.8 Å². The van der Waals surface area contributed by atoms with Crippen LogP contribution in [0.25, 0.3) is 0 Å². The van der Waals surface area contributed by atoms with E-state index in [4.69, 9.17) is 9.88 Å². The third-order valence-corrected chi connectivity index (χ3v) is 4.19. The summed E-state index contributed by atoms with van der Waals surface area (Å²) < 4.78 is 40.7. The number of benzene rings is 2. The molecule has 2 N–H and O–H groups in total. The van der Waals surface area contributed by atoms with Gasteiger partial charge >= 0.3 is 0 Å². The molecule has 2 aromatic rings. The van der Waals surface area contributed by atoms with E-state index in [2.05, 4.69) is 0 Å². The number of hydrogen-bond donors (Lipinski definition) is 1. The second kappa shape index (κ2) is 7.54. The molecule has 0 aliphatic heterocycles. The average molecular weight is 338 g/mol. The topological polar surface area (TPSA) is 72.6 Å². The summed E-state index contributed by atoms with van der Waals surface area (Å²) in [6, 6.07) is 12.3. The Morgan fingerprint density at radius 3 is 2.26 bits per heavy atom. The van der Waals surface area contributed by atoms with Crippen LogP contribution >= 0.6 is 0 Å². The fourth-order valence-electron chi connectivity index (χ4n) is 2.03. The molecule has 23 heavy (non-hydrogen) atoms. The maximum Gasteiger partial charge on any atom is 0.238 e. The molecule has 0 atom stereocenters. The predicted octanol–water partition coefficient (Wildman–Crippen LogP) is 1.98. The number of nitrogens with zero attached hydrogens (tertiary/aromatic N) is 1. The first-order chi connectivity index (χ1) is 10.8. The Hall–Kier alpha value is -1.96. The van der Waals surface area contributed by atoms with Gasteiger partial charge in [0.25, 0.3) is 0 Å². The SMILES string of the molecule is CN(CCOc1ccc(S(N)(=O)=O)cc1)Cc1ccc(F)cc1. The van der Waals surface area contributed by atoms with Crippen LogP contribution in [-0.2, 0) is 16.6 Å². The monoisotopic (exact) mass is 338 g/mol. The molecule has 2 rings (SSSR count). The number of sulfonamides is 1. The quantitative estimate of drug-likeness (QED) is 0.838. The molecule has 0 heterocycles. The van der Waals surface area contributed by atoms with Gasteiger partial charge in [-0.05, 0) is 49.0 Å². The molecule has 2 aromatic carbocycles. The summed E-state index contributed by atoms with van der Waals surface area (Å²) in [7, 11) is -1.74. The number of nitrogens with two attached hydrogens (primary N) is 1. The van der Waals surface area contributed by atoms with Crippen molar-refractivity contribution >= 4 is 10.0 Å². The van der Waals surface area contributed by atoms with Gasteiger partial charge in [0.1, 0.15) is 18.2 Å². The lowest BCUT2D eigenvalue weighted by Gasteiger charge is -2.17. The van der Waals surface area contributed by atoms with Gasteiger partial charge in [-0.2, -0.15) is 0 Å². The molecule has 0 fully saturated rings. The van der Waals surface area contributed by atoms with Gasteiger partial charge in [0.2, 0.25) is 10.0 Å². The Bertz CT molecular complexity index is 731. The number of halogens is 1. The summed E-state index contributed by atoms with van der Waals surface area (Å²) in [4.78, 5) is 2.10. The zero-order valence-electron chi connectivity index (χ0n) is 12.8. The Labute approximate surface area is 135 Å². The highest BCUT2D eigenvalue weighted by Gasteiger charge is 2.07. The highest BCUT2D eigenvalue weighted by atomic mass is 32.2. The summed E-state index contributed by atoms with van der Waals surface area (Å²) in [6.07, 6.45) is 0. The average Bonchev–Trinajstić information content (AvgIpc) is 2.49. The first-order valence-corrected chi connectivity index (χ1v) is 8.58. The van der Waals surface area contributed by atoms with Crippen LogP contribution in [0.2, 0.25) is 0 Å². The minimum atomic E-state index is -3.68. The van der Waals surface area contributed by atoms with E-state index in [-0.39, 0.29) is 10.7 Å². The number of rotatable bonds is 7. The maximum atomic E-state index is 12.8. The zero-order chi connectivity index (χ0) is 16.9. The van der Waals surface area contributed by atoms with E-state index in [1.54, 1.807) is 24.3 Å². The van der Waals surface area contributed by atoms with Crippen LogP contribution in [0, 0.1) is 5.82 Å². The molecule has 7 heteroatoms. The molecule has 0 saturated carbocycles. The van der Waals surface area contributed by atoms with E-state index < -0.39 is 10.0 Å². The van der Waals surface area contributed by atoms with Gasteiger partial charge in [-0.1, -0.05) is 12.1 Å². The summed E-state index contributed by atoms with van der Waals surface area (Å²) in [5.41, 5.74) is 1.02. The lowest BCUT2D eigenvalue weighted by Crippen LogP contribution is -2.23.